The molecule has 22 heavy (non-hydrogen) atoms. The standard InChI is InChI=1S/C15H22N4O2S/c1-4-6-11(3)15(21)19-10-22-9-13(19)14(20)17-12-7-16-18(5-2)8-12/h6-8,13H,4-5,9-10H2,1-3H3,(H,17,20)/b11-6-/t13-/m1/s1. The Bertz CT molecular complexity index is 582. The van der Waals surface area contributed by atoms with E-state index in [9.17, 15) is 9.59 Å². The first-order valence-electron chi connectivity index (χ1n) is 7.45. The van der Waals surface area contributed by atoms with Crippen LogP contribution < -0.4 is 5.32 Å². The highest BCUT2D eigenvalue weighted by Gasteiger charge is 2.35. The number of rotatable bonds is 5. The van der Waals surface area contributed by atoms with E-state index in [1.165, 1.54) is 0 Å². The zero-order valence-corrected chi connectivity index (χ0v) is 14.0. The minimum atomic E-state index is -0.428. The van der Waals surface area contributed by atoms with E-state index in [1.54, 1.807) is 40.7 Å². The molecule has 0 spiro atoms. The van der Waals surface area contributed by atoms with Crippen molar-refractivity contribution in [2.75, 3.05) is 16.9 Å². The van der Waals surface area contributed by atoms with Gasteiger partial charge in [-0.05, 0) is 20.3 Å². The fourth-order valence-electron chi connectivity index (χ4n) is 2.31. The number of thioether (sulfide) groups is 1. The molecule has 0 aliphatic carbocycles. The van der Waals surface area contributed by atoms with Crippen LogP contribution in [0.1, 0.15) is 27.2 Å². The lowest BCUT2D eigenvalue weighted by atomic mass is 10.2. The van der Waals surface area contributed by atoms with Gasteiger partial charge in [0.15, 0.2) is 0 Å². The maximum Gasteiger partial charge on any atom is 0.250 e. The molecule has 1 saturated heterocycles. The van der Waals surface area contributed by atoms with Crippen molar-refractivity contribution in [3.63, 3.8) is 0 Å². The lowest BCUT2D eigenvalue weighted by molar-refractivity contribution is -0.133. The van der Waals surface area contributed by atoms with E-state index < -0.39 is 6.04 Å². The molecular formula is C15H22N4O2S. The summed E-state index contributed by atoms with van der Waals surface area (Å²) < 4.78 is 1.75. The van der Waals surface area contributed by atoms with Crippen LogP contribution in [0.15, 0.2) is 24.0 Å². The Labute approximate surface area is 134 Å². The van der Waals surface area contributed by atoms with Crippen LogP contribution in [0.25, 0.3) is 0 Å². The Balaban J connectivity index is 2.04. The van der Waals surface area contributed by atoms with Crippen LogP contribution in [0.5, 0.6) is 0 Å². The summed E-state index contributed by atoms with van der Waals surface area (Å²) in [7, 11) is 0. The molecule has 1 aromatic rings. The minimum Gasteiger partial charge on any atom is -0.322 e. The van der Waals surface area contributed by atoms with E-state index in [0.29, 0.717) is 22.9 Å². The van der Waals surface area contributed by atoms with Gasteiger partial charge in [-0.25, -0.2) is 0 Å². The summed E-state index contributed by atoms with van der Waals surface area (Å²) in [4.78, 5) is 26.5. The first kappa shape index (κ1) is 16.6. The van der Waals surface area contributed by atoms with Gasteiger partial charge in [-0.1, -0.05) is 13.0 Å². The molecule has 1 aromatic heterocycles. The van der Waals surface area contributed by atoms with Gasteiger partial charge in [-0.15, -0.1) is 11.8 Å². The highest BCUT2D eigenvalue weighted by molar-refractivity contribution is 7.99. The maximum atomic E-state index is 12.4. The van der Waals surface area contributed by atoms with Crippen molar-refractivity contribution in [3.05, 3.63) is 24.0 Å². The second kappa shape index (κ2) is 7.49. The van der Waals surface area contributed by atoms with Crippen LogP contribution in [-0.2, 0) is 16.1 Å². The second-order valence-electron chi connectivity index (χ2n) is 5.16. The van der Waals surface area contributed by atoms with Crippen LogP contribution in [0.3, 0.4) is 0 Å². The van der Waals surface area contributed by atoms with Crippen LogP contribution >= 0.6 is 11.8 Å². The predicted octanol–water partition coefficient (Wildman–Crippen LogP) is 2.10. The number of aryl methyl sites for hydroxylation is 1. The molecule has 7 heteroatoms. The number of hydrogen-bond acceptors (Lipinski definition) is 4. The zero-order chi connectivity index (χ0) is 16.1. The number of anilines is 1. The van der Waals surface area contributed by atoms with Crippen LogP contribution in [0.2, 0.25) is 0 Å². The summed E-state index contributed by atoms with van der Waals surface area (Å²) >= 11 is 1.60. The van der Waals surface area contributed by atoms with Gasteiger partial charge in [-0.3, -0.25) is 14.3 Å². The van der Waals surface area contributed by atoms with Gasteiger partial charge in [0.25, 0.3) is 5.91 Å². The topological polar surface area (TPSA) is 67.2 Å². The van der Waals surface area contributed by atoms with Gasteiger partial charge >= 0.3 is 0 Å². The van der Waals surface area contributed by atoms with Crippen molar-refractivity contribution in [1.82, 2.24) is 14.7 Å². The molecule has 0 radical (unpaired) electrons. The van der Waals surface area contributed by atoms with E-state index >= 15 is 0 Å². The first-order valence-corrected chi connectivity index (χ1v) is 8.61. The molecule has 2 rings (SSSR count). The number of carbonyl (C=O) groups is 2. The van der Waals surface area contributed by atoms with E-state index in [2.05, 4.69) is 10.4 Å². The number of aromatic nitrogens is 2. The van der Waals surface area contributed by atoms with Gasteiger partial charge in [0.1, 0.15) is 6.04 Å². The molecule has 120 valence electrons. The Kier molecular flexibility index (Phi) is 5.65. The monoisotopic (exact) mass is 322 g/mol. The van der Waals surface area contributed by atoms with E-state index in [-0.39, 0.29) is 11.8 Å². The molecule has 1 aliphatic heterocycles. The number of nitrogens with one attached hydrogen (secondary N) is 1. The molecule has 2 amide bonds. The third-order valence-electron chi connectivity index (χ3n) is 3.52. The molecule has 1 fully saturated rings. The van der Waals surface area contributed by atoms with Crippen LogP contribution in [0.4, 0.5) is 5.69 Å². The summed E-state index contributed by atoms with van der Waals surface area (Å²) in [6.07, 6.45) is 6.11. The van der Waals surface area contributed by atoms with Crippen molar-refractivity contribution in [2.45, 2.75) is 39.8 Å². The molecule has 2 heterocycles. The fourth-order valence-corrected chi connectivity index (χ4v) is 3.46. The summed E-state index contributed by atoms with van der Waals surface area (Å²) in [6, 6.07) is -0.428. The Morgan fingerprint density at radius 3 is 2.91 bits per heavy atom. The van der Waals surface area contributed by atoms with E-state index in [0.717, 1.165) is 13.0 Å². The third kappa shape index (κ3) is 3.71. The highest BCUT2D eigenvalue weighted by atomic mass is 32.2. The van der Waals surface area contributed by atoms with Crippen molar-refractivity contribution in [3.8, 4) is 0 Å². The summed E-state index contributed by atoms with van der Waals surface area (Å²) in [5.41, 5.74) is 1.36. The number of amides is 2. The SMILES string of the molecule is CC/C=C(/C)C(=O)N1CSC[C@@H]1C(=O)Nc1cnn(CC)c1. The molecule has 0 unspecified atom stereocenters. The smallest absolute Gasteiger partial charge is 0.250 e. The molecule has 1 N–H and O–H groups in total. The van der Waals surface area contributed by atoms with Crippen molar-refractivity contribution in [2.24, 2.45) is 0 Å². The first-order chi connectivity index (χ1) is 10.6. The van der Waals surface area contributed by atoms with Gasteiger partial charge in [0, 0.05) is 24.1 Å². The second-order valence-corrected chi connectivity index (χ2v) is 6.16. The van der Waals surface area contributed by atoms with Crippen LogP contribution in [-0.4, -0.2) is 44.2 Å². The van der Waals surface area contributed by atoms with Gasteiger partial charge in [-0.2, -0.15) is 5.10 Å². The van der Waals surface area contributed by atoms with E-state index in [4.69, 9.17) is 0 Å². The highest BCUT2D eigenvalue weighted by Crippen LogP contribution is 2.24. The molecule has 1 aliphatic rings. The summed E-state index contributed by atoms with van der Waals surface area (Å²) in [6.45, 7) is 6.52. The minimum absolute atomic E-state index is 0.0590. The van der Waals surface area contributed by atoms with Gasteiger partial charge in [0.05, 0.1) is 17.8 Å². The normalized spacial score (nSPS) is 18.6. The fraction of sp³-hybridized carbons (Fsp3) is 0.533. The van der Waals surface area contributed by atoms with E-state index in [1.807, 2.05) is 19.9 Å². The van der Waals surface area contributed by atoms with Gasteiger partial charge in [0.2, 0.25) is 5.91 Å². The summed E-state index contributed by atoms with van der Waals surface area (Å²) in [5.74, 6) is 0.966. The Morgan fingerprint density at radius 2 is 2.27 bits per heavy atom. The quantitative estimate of drug-likeness (QED) is 0.843. The number of nitrogens with zero attached hydrogens (tertiary/aromatic N) is 3. The predicted molar refractivity (Wildman–Crippen MR) is 88.5 cm³/mol. The van der Waals surface area contributed by atoms with Crippen molar-refractivity contribution in [1.29, 1.82) is 0 Å². The molecule has 0 saturated carbocycles. The molecule has 1 atom stereocenters. The molecule has 0 bridgehead atoms. The third-order valence-corrected chi connectivity index (χ3v) is 4.53. The Hall–Kier alpha value is -1.76. The Morgan fingerprint density at radius 1 is 1.50 bits per heavy atom. The molecule has 6 nitrogen and oxygen atoms in total. The number of carbonyl (C=O) groups excluding carboxylic acids is 2. The zero-order valence-electron chi connectivity index (χ0n) is 13.2. The van der Waals surface area contributed by atoms with Crippen LogP contribution in [0, 0.1) is 0 Å². The lowest BCUT2D eigenvalue weighted by Crippen LogP contribution is -2.44. The molecule has 0 aromatic carbocycles. The number of hydrogen-bond donors (Lipinski definition) is 1. The number of allylic oxidation sites excluding steroid dienone is 1. The summed E-state index contributed by atoms with van der Waals surface area (Å²) in [5, 5.41) is 6.97. The molecular weight excluding hydrogens is 300 g/mol. The largest absolute Gasteiger partial charge is 0.322 e. The van der Waals surface area contributed by atoms with Crippen molar-refractivity contribution < 1.29 is 9.59 Å². The van der Waals surface area contributed by atoms with Crippen molar-refractivity contribution >= 4 is 29.3 Å². The van der Waals surface area contributed by atoms with Gasteiger partial charge < -0.3 is 10.2 Å². The average molecular weight is 322 g/mol. The lowest BCUT2D eigenvalue weighted by Gasteiger charge is -2.23. The average Bonchev–Trinajstić information content (AvgIpc) is 3.15. The maximum absolute atomic E-state index is 12.4.